The van der Waals surface area contributed by atoms with Crippen molar-refractivity contribution in [1.82, 2.24) is 0 Å². The Morgan fingerprint density at radius 3 is 2.86 bits per heavy atom. The molecule has 1 nitrogen and oxygen atoms in total. The Hall–Kier alpha value is -0.560. The van der Waals surface area contributed by atoms with Gasteiger partial charge in [0.15, 0.2) is 0 Å². The fourth-order valence-corrected chi connectivity index (χ4v) is 1.76. The molecular weight excluding hydrogens is 172 g/mol. The maximum Gasteiger partial charge on any atom is 0.0826 e. The molecule has 1 aliphatic heterocycles. The average molecular weight is 194 g/mol. The second-order valence-corrected chi connectivity index (χ2v) is 4.07. The molecule has 0 amide bonds. The third kappa shape index (κ3) is 3.30. The Balaban J connectivity index is 2.67. The first-order chi connectivity index (χ1) is 6.77. The molecule has 0 aromatic rings. The van der Waals surface area contributed by atoms with Crippen molar-refractivity contribution in [3.63, 3.8) is 0 Å². The van der Waals surface area contributed by atoms with Crippen molar-refractivity contribution in [3.8, 4) is 0 Å². The van der Waals surface area contributed by atoms with Crippen molar-refractivity contribution < 1.29 is 4.74 Å². The van der Waals surface area contributed by atoms with Crippen LogP contribution in [0.1, 0.15) is 46.5 Å². The molecule has 0 bridgehead atoms. The standard InChI is InChI=1S/C13H22O/c1-4-6-8-12-9-11(3)10-14-13(12)7-5-2/h8-9,13H,4-7,10H2,1-3H3/b12-8+. The second kappa shape index (κ2) is 6.02. The van der Waals surface area contributed by atoms with Gasteiger partial charge >= 0.3 is 0 Å². The first-order valence-corrected chi connectivity index (χ1v) is 5.76. The molecule has 1 rings (SSSR count). The largest absolute Gasteiger partial charge is 0.369 e. The Morgan fingerprint density at radius 1 is 1.43 bits per heavy atom. The second-order valence-electron chi connectivity index (χ2n) is 4.07. The lowest BCUT2D eigenvalue weighted by Crippen LogP contribution is -2.20. The topological polar surface area (TPSA) is 9.23 Å². The molecule has 80 valence electrons. The number of ether oxygens (including phenoxy) is 1. The molecule has 0 aromatic carbocycles. The molecule has 1 unspecified atom stereocenters. The molecule has 0 aromatic heterocycles. The summed E-state index contributed by atoms with van der Waals surface area (Å²) < 4.78 is 5.80. The van der Waals surface area contributed by atoms with Crippen LogP contribution < -0.4 is 0 Å². The van der Waals surface area contributed by atoms with Gasteiger partial charge in [-0.25, -0.2) is 0 Å². The maximum atomic E-state index is 5.80. The Labute approximate surface area is 87.8 Å². The van der Waals surface area contributed by atoms with E-state index in [4.69, 9.17) is 4.74 Å². The number of hydrogen-bond acceptors (Lipinski definition) is 1. The van der Waals surface area contributed by atoms with Crippen LogP contribution in [0, 0.1) is 0 Å². The molecule has 1 aliphatic rings. The molecule has 1 heterocycles. The van der Waals surface area contributed by atoms with Gasteiger partial charge in [0.05, 0.1) is 12.7 Å². The first-order valence-electron chi connectivity index (χ1n) is 5.76. The Bertz CT molecular complexity index is 225. The predicted molar refractivity (Wildman–Crippen MR) is 61.4 cm³/mol. The van der Waals surface area contributed by atoms with E-state index in [1.54, 1.807) is 0 Å². The van der Waals surface area contributed by atoms with Crippen molar-refractivity contribution >= 4 is 0 Å². The fourth-order valence-electron chi connectivity index (χ4n) is 1.76. The maximum absolute atomic E-state index is 5.80. The summed E-state index contributed by atoms with van der Waals surface area (Å²) in [6.07, 6.45) is 9.73. The number of hydrogen-bond donors (Lipinski definition) is 0. The van der Waals surface area contributed by atoms with E-state index in [2.05, 4.69) is 32.9 Å². The molecular formula is C13H22O. The zero-order valence-corrected chi connectivity index (χ0v) is 9.68. The van der Waals surface area contributed by atoms with E-state index in [1.165, 1.54) is 30.4 Å². The lowest BCUT2D eigenvalue weighted by Gasteiger charge is -2.24. The molecule has 1 heteroatoms. The van der Waals surface area contributed by atoms with E-state index in [1.807, 2.05) is 0 Å². The third-order valence-electron chi connectivity index (χ3n) is 2.52. The van der Waals surface area contributed by atoms with Gasteiger partial charge in [0.1, 0.15) is 0 Å². The molecule has 0 saturated heterocycles. The Kier molecular flexibility index (Phi) is 4.95. The number of allylic oxidation sites excluding steroid dienone is 1. The highest BCUT2D eigenvalue weighted by atomic mass is 16.5. The fraction of sp³-hybridized carbons (Fsp3) is 0.692. The van der Waals surface area contributed by atoms with Crippen LogP contribution >= 0.6 is 0 Å². The molecule has 0 spiro atoms. The van der Waals surface area contributed by atoms with Crippen molar-refractivity contribution in [1.29, 1.82) is 0 Å². The normalized spacial score (nSPS) is 25.2. The molecule has 0 saturated carbocycles. The van der Waals surface area contributed by atoms with Gasteiger partial charge in [0.25, 0.3) is 0 Å². The quantitative estimate of drug-likeness (QED) is 0.660. The van der Waals surface area contributed by atoms with E-state index < -0.39 is 0 Å². The lowest BCUT2D eigenvalue weighted by molar-refractivity contribution is 0.0838. The van der Waals surface area contributed by atoms with Gasteiger partial charge in [0, 0.05) is 0 Å². The number of rotatable bonds is 4. The minimum absolute atomic E-state index is 0.357. The summed E-state index contributed by atoms with van der Waals surface area (Å²) in [5, 5.41) is 0. The van der Waals surface area contributed by atoms with Gasteiger partial charge in [-0.15, -0.1) is 0 Å². The SMILES string of the molecule is CCC/C=C1\C=C(C)COC1CCC. The smallest absolute Gasteiger partial charge is 0.0826 e. The highest BCUT2D eigenvalue weighted by Gasteiger charge is 2.16. The summed E-state index contributed by atoms with van der Waals surface area (Å²) in [6.45, 7) is 7.38. The highest BCUT2D eigenvalue weighted by Crippen LogP contribution is 2.22. The summed E-state index contributed by atoms with van der Waals surface area (Å²) >= 11 is 0. The third-order valence-corrected chi connectivity index (χ3v) is 2.52. The summed E-state index contributed by atoms with van der Waals surface area (Å²) in [4.78, 5) is 0. The minimum Gasteiger partial charge on any atom is -0.369 e. The lowest BCUT2D eigenvalue weighted by atomic mass is 9.99. The van der Waals surface area contributed by atoms with Gasteiger partial charge < -0.3 is 4.74 Å². The monoisotopic (exact) mass is 194 g/mol. The summed E-state index contributed by atoms with van der Waals surface area (Å²) in [7, 11) is 0. The molecule has 0 fully saturated rings. The highest BCUT2D eigenvalue weighted by molar-refractivity contribution is 5.29. The van der Waals surface area contributed by atoms with Gasteiger partial charge in [-0.2, -0.15) is 0 Å². The molecule has 0 aliphatic carbocycles. The molecule has 0 radical (unpaired) electrons. The van der Waals surface area contributed by atoms with Crippen LogP contribution in [-0.4, -0.2) is 12.7 Å². The first kappa shape index (κ1) is 11.5. The summed E-state index contributed by atoms with van der Waals surface area (Å²) in [5.74, 6) is 0. The minimum atomic E-state index is 0.357. The van der Waals surface area contributed by atoms with Crippen LogP contribution in [0.2, 0.25) is 0 Å². The van der Waals surface area contributed by atoms with Crippen molar-refractivity contribution in [2.45, 2.75) is 52.6 Å². The Morgan fingerprint density at radius 2 is 2.21 bits per heavy atom. The van der Waals surface area contributed by atoms with Gasteiger partial charge in [0.2, 0.25) is 0 Å². The van der Waals surface area contributed by atoms with Crippen molar-refractivity contribution in [3.05, 3.63) is 23.3 Å². The van der Waals surface area contributed by atoms with Gasteiger partial charge in [-0.3, -0.25) is 0 Å². The van der Waals surface area contributed by atoms with E-state index in [0.717, 1.165) is 13.0 Å². The van der Waals surface area contributed by atoms with Gasteiger partial charge in [-0.1, -0.05) is 38.8 Å². The van der Waals surface area contributed by atoms with Gasteiger partial charge in [-0.05, 0) is 30.9 Å². The van der Waals surface area contributed by atoms with E-state index in [0.29, 0.717) is 6.10 Å². The van der Waals surface area contributed by atoms with Crippen LogP contribution in [0.3, 0.4) is 0 Å². The van der Waals surface area contributed by atoms with Crippen LogP contribution in [0.4, 0.5) is 0 Å². The summed E-state index contributed by atoms with van der Waals surface area (Å²) in [6, 6.07) is 0. The van der Waals surface area contributed by atoms with E-state index >= 15 is 0 Å². The molecule has 1 atom stereocenters. The van der Waals surface area contributed by atoms with Crippen molar-refractivity contribution in [2.24, 2.45) is 0 Å². The average Bonchev–Trinajstić information content (AvgIpc) is 2.18. The van der Waals surface area contributed by atoms with Crippen LogP contribution in [0.25, 0.3) is 0 Å². The van der Waals surface area contributed by atoms with E-state index in [9.17, 15) is 0 Å². The zero-order valence-electron chi connectivity index (χ0n) is 9.68. The zero-order chi connectivity index (χ0) is 10.4. The van der Waals surface area contributed by atoms with Crippen LogP contribution in [-0.2, 0) is 4.74 Å². The van der Waals surface area contributed by atoms with Crippen LogP contribution in [0.5, 0.6) is 0 Å². The molecule has 14 heavy (non-hydrogen) atoms. The molecule has 0 N–H and O–H groups in total. The predicted octanol–water partition coefficient (Wildman–Crippen LogP) is 3.86. The number of unbranched alkanes of at least 4 members (excludes halogenated alkanes) is 1. The van der Waals surface area contributed by atoms with Crippen LogP contribution in [0.15, 0.2) is 23.3 Å². The van der Waals surface area contributed by atoms with E-state index in [-0.39, 0.29) is 0 Å². The summed E-state index contributed by atoms with van der Waals surface area (Å²) in [5.41, 5.74) is 2.75. The van der Waals surface area contributed by atoms with Crippen molar-refractivity contribution in [2.75, 3.05) is 6.61 Å².